The van der Waals surface area contributed by atoms with Gasteiger partial charge in [-0.1, -0.05) is 24.3 Å². The van der Waals surface area contributed by atoms with Gasteiger partial charge in [0.1, 0.15) is 11.7 Å². The molecule has 2 aromatic heterocycles. The Hall–Kier alpha value is -4.77. The molecule has 0 saturated heterocycles. The highest BCUT2D eigenvalue weighted by Crippen LogP contribution is 2.37. The number of alkyl halides is 1. The first-order valence-corrected chi connectivity index (χ1v) is 11.5. The minimum absolute atomic E-state index is 0.0709. The summed E-state index contributed by atoms with van der Waals surface area (Å²) >= 11 is 0. The third kappa shape index (κ3) is 5.57. The molecule has 186 valence electrons. The predicted molar refractivity (Wildman–Crippen MR) is 139 cm³/mol. The summed E-state index contributed by atoms with van der Waals surface area (Å²) in [7, 11) is 1.46. The van der Waals surface area contributed by atoms with Crippen molar-refractivity contribution in [3.05, 3.63) is 94.9 Å². The van der Waals surface area contributed by atoms with Gasteiger partial charge in [0.15, 0.2) is 11.5 Å². The average Bonchev–Trinajstić information content (AvgIpc) is 2.89. The number of nitrogens with one attached hydrogen (secondary N) is 1. The Balaban J connectivity index is 1.80. The van der Waals surface area contributed by atoms with E-state index in [0.29, 0.717) is 39.4 Å². The van der Waals surface area contributed by atoms with Crippen LogP contribution in [0.1, 0.15) is 45.8 Å². The number of methoxy groups -OCH3 is 1. The van der Waals surface area contributed by atoms with Crippen LogP contribution >= 0.6 is 0 Å². The Morgan fingerprint density at radius 1 is 1.05 bits per heavy atom. The van der Waals surface area contributed by atoms with E-state index >= 15 is 0 Å². The van der Waals surface area contributed by atoms with Gasteiger partial charge in [0, 0.05) is 35.4 Å². The van der Waals surface area contributed by atoms with Crippen molar-refractivity contribution in [2.45, 2.75) is 26.9 Å². The molecule has 1 amide bonds. The van der Waals surface area contributed by atoms with E-state index in [0.717, 1.165) is 11.3 Å². The summed E-state index contributed by atoms with van der Waals surface area (Å²) in [5.74, 6) is 0.279. The second kappa shape index (κ2) is 10.9. The second-order valence-corrected chi connectivity index (χ2v) is 8.43. The van der Waals surface area contributed by atoms with Crippen molar-refractivity contribution in [3.8, 4) is 34.6 Å². The zero-order valence-corrected chi connectivity index (χ0v) is 20.9. The molecule has 0 bridgehead atoms. The van der Waals surface area contributed by atoms with Crippen LogP contribution in [-0.4, -0.2) is 23.0 Å². The molecule has 0 aliphatic carbocycles. The predicted octanol–water partition coefficient (Wildman–Crippen LogP) is 6.72. The van der Waals surface area contributed by atoms with Crippen molar-refractivity contribution in [1.29, 1.82) is 5.26 Å². The molecule has 0 aliphatic rings. The van der Waals surface area contributed by atoms with Crippen LogP contribution in [0.3, 0.4) is 0 Å². The number of aromatic nitrogens is 2. The third-order valence-corrected chi connectivity index (χ3v) is 5.87. The molecule has 0 aliphatic heterocycles. The van der Waals surface area contributed by atoms with Crippen molar-refractivity contribution in [2.75, 3.05) is 12.4 Å². The average molecular weight is 497 g/mol. The normalized spacial score (nSPS) is 11.4. The van der Waals surface area contributed by atoms with Gasteiger partial charge in [-0.05, 0) is 61.7 Å². The molecule has 1 N–H and O–H groups in total. The number of ether oxygens (including phenoxy) is 2. The topological polar surface area (TPSA) is 97.1 Å². The minimum atomic E-state index is -1.09. The van der Waals surface area contributed by atoms with E-state index in [9.17, 15) is 14.4 Å². The molecule has 0 radical (unpaired) electrons. The highest BCUT2D eigenvalue weighted by atomic mass is 19.1. The maximum absolute atomic E-state index is 13.7. The van der Waals surface area contributed by atoms with E-state index in [1.165, 1.54) is 14.0 Å². The SMILES string of the molecule is COc1cc(C#N)ccc1Oc1ncc(-c2ccc(C(C)F)cc2)c(C)c1C(=O)Nc1ccnc(C)c1. The van der Waals surface area contributed by atoms with Crippen LogP contribution in [0.15, 0.2) is 67.0 Å². The summed E-state index contributed by atoms with van der Waals surface area (Å²) in [5, 5.41) is 12.1. The van der Waals surface area contributed by atoms with Gasteiger partial charge in [-0.2, -0.15) is 5.26 Å². The molecular weight excluding hydrogens is 471 g/mol. The summed E-state index contributed by atoms with van der Waals surface area (Å²) < 4.78 is 25.2. The minimum Gasteiger partial charge on any atom is -0.493 e. The van der Waals surface area contributed by atoms with Crippen molar-refractivity contribution < 1.29 is 18.7 Å². The van der Waals surface area contributed by atoms with Gasteiger partial charge in [-0.15, -0.1) is 0 Å². The zero-order valence-electron chi connectivity index (χ0n) is 20.9. The number of rotatable bonds is 7. The maximum atomic E-state index is 13.7. The third-order valence-electron chi connectivity index (χ3n) is 5.87. The Bertz CT molecular complexity index is 1490. The van der Waals surface area contributed by atoms with Crippen LogP contribution in [0.4, 0.5) is 10.1 Å². The van der Waals surface area contributed by atoms with E-state index in [1.807, 2.05) is 6.92 Å². The van der Waals surface area contributed by atoms with Crippen LogP contribution in [0.25, 0.3) is 11.1 Å². The van der Waals surface area contributed by atoms with Gasteiger partial charge < -0.3 is 14.8 Å². The molecule has 2 heterocycles. The van der Waals surface area contributed by atoms with Gasteiger partial charge in [-0.25, -0.2) is 9.37 Å². The fourth-order valence-corrected chi connectivity index (χ4v) is 3.89. The number of anilines is 1. The van der Waals surface area contributed by atoms with Crippen LogP contribution in [0.2, 0.25) is 0 Å². The molecule has 4 aromatic rings. The van der Waals surface area contributed by atoms with Crippen LogP contribution < -0.4 is 14.8 Å². The number of carbonyl (C=O) groups excluding carboxylic acids is 1. The van der Waals surface area contributed by atoms with E-state index in [1.54, 1.807) is 73.9 Å². The molecule has 7 nitrogen and oxygen atoms in total. The monoisotopic (exact) mass is 496 g/mol. The summed E-state index contributed by atoms with van der Waals surface area (Å²) in [6.45, 7) is 5.11. The molecule has 2 aromatic carbocycles. The van der Waals surface area contributed by atoms with Gasteiger partial charge in [0.25, 0.3) is 5.91 Å². The molecule has 1 atom stereocenters. The van der Waals surface area contributed by atoms with Gasteiger partial charge in [0.05, 0.1) is 18.7 Å². The first kappa shape index (κ1) is 25.3. The van der Waals surface area contributed by atoms with Gasteiger partial charge in [-0.3, -0.25) is 9.78 Å². The number of benzene rings is 2. The van der Waals surface area contributed by atoms with Crippen LogP contribution in [-0.2, 0) is 0 Å². The second-order valence-electron chi connectivity index (χ2n) is 8.43. The van der Waals surface area contributed by atoms with Crippen molar-refractivity contribution in [1.82, 2.24) is 9.97 Å². The molecular formula is C29H25FN4O3. The first-order chi connectivity index (χ1) is 17.8. The molecule has 8 heteroatoms. The number of aryl methyl sites for hydroxylation is 1. The van der Waals surface area contributed by atoms with Crippen molar-refractivity contribution >= 4 is 11.6 Å². The highest BCUT2D eigenvalue weighted by molar-refractivity contribution is 6.08. The summed E-state index contributed by atoms with van der Waals surface area (Å²) in [4.78, 5) is 22.2. The number of carbonyl (C=O) groups is 1. The lowest BCUT2D eigenvalue weighted by Crippen LogP contribution is -2.16. The maximum Gasteiger partial charge on any atom is 0.261 e. The van der Waals surface area contributed by atoms with E-state index in [-0.39, 0.29) is 11.4 Å². The Labute approximate surface area is 214 Å². The van der Waals surface area contributed by atoms with Crippen LogP contribution in [0, 0.1) is 25.2 Å². The number of hydrogen-bond donors (Lipinski definition) is 1. The number of hydrogen-bond acceptors (Lipinski definition) is 6. The molecule has 37 heavy (non-hydrogen) atoms. The zero-order chi connectivity index (χ0) is 26.5. The quantitative estimate of drug-likeness (QED) is 0.305. The molecule has 4 rings (SSSR count). The van der Waals surface area contributed by atoms with Crippen LogP contribution in [0.5, 0.6) is 17.4 Å². The summed E-state index contributed by atoms with van der Waals surface area (Å²) in [5.41, 5.74) is 4.63. The lowest BCUT2D eigenvalue weighted by atomic mass is 9.97. The molecule has 0 saturated carbocycles. The van der Waals surface area contributed by atoms with E-state index in [4.69, 9.17) is 9.47 Å². The number of nitrogens with zero attached hydrogens (tertiary/aromatic N) is 3. The smallest absolute Gasteiger partial charge is 0.261 e. The van der Waals surface area contributed by atoms with Crippen molar-refractivity contribution in [3.63, 3.8) is 0 Å². The lowest BCUT2D eigenvalue weighted by molar-refractivity contribution is 0.102. The standard InChI is InChI=1S/C29H25FN4O3/c1-17-13-23(11-12-32-17)34-28(35)27-18(2)24(22-8-6-21(7-9-22)19(3)30)16-33-29(27)37-25-10-5-20(15-31)14-26(25)36-4/h5-14,16,19H,1-4H3,(H,32,34,35). The summed E-state index contributed by atoms with van der Waals surface area (Å²) in [6.07, 6.45) is 2.14. The highest BCUT2D eigenvalue weighted by Gasteiger charge is 2.23. The number of pyridine rings is 2. The van der Waals surface area contributed by atoms with Gasteiger partial charge >= 0.3 is 0 Å². The number of amides is 1. The van der Waals surface area contributed by atoms with E-state index in [2.05, 4.69) is 21.4 Å². The fourth-order valence-electron chi connectivity index (χ4n) is 3.89. The fraction of sp³-hybridized carbons (Fsp3) is 0.172. The Morgan fingerprint density at radius 3 is 2.46 bits per heavy atom. The largest absolute Gasteiger partial charge is 0.493 e. The number of nitriles is 1. The first-order valence-electron chi connectivity index (χ1n) is 11.5. The number of halogens is 1. The van der Waals surface area contributed by atoms with Gasteiger partial charge in [0.2, 0.25) is 5.88 Å². The molecule has 0 fully saturated rings. The summed E-state index contributed by atoms with van der Waals surface area (Å²) in [6, 6.07) is 17.3. The molecule has 0 spiro atoms. The molecule has 1 unspecified atom stereocenters. The Kier molecular flexibility index (Phi) is 7.44. The Morgan fingerprint density at radius 2 is 1.81 bits per heavy atom. The van der Waals surface area contributed by atoms with E-state index < -0.39 is 12.1 Å². The lowest BCUT2D eigenvalue weighted by Gasteiger charge is -2.17. The van der Waals surface area contributed by atoms with Crippen molar-refractivity contribution in [2.24, 2.45) is 0 Å².